The maximum absolute atomic E-state index is 5.36. The third-order valence-corrected chi connectivity index (χ3v) is 3.22. The van der Waals surface area contributed by atoms with Crippen molar-refractivity contribution in [2.24, 2.45) is 5.92 Å². The van der Waals surface area contributed by atoms with Gasteiger partial charge in [0.05, 0.1) is 13.2 Å². The van der Waals surface area contributed by atoms with Crippen LogP contribution in [0.15, 0.2) is 24.3 Å². The van der Waals surface area contributed by atoms with Crippen LogP contribution < -0.4 is 10.1 Å². The lowest BCUT2D eigenvalue weighted by atomic mass is 9.94. The fourth-order valence-electron chi connectivity index (χ4n) is 2.23. The van der Waals surface area contributed by atoms with E-state index >= 15 is 0 Å². The van der Waals surface area contributed by atoms with Crippen LogP contribution in [-0.2, 0) is 11.2 Å². The summed E-state index contributed by atoms with van der Waals surface area (Å²) >= 11 is 0. The van der Waals surface area contributed by atoms with Gasteiger partial charge in [-0.15, -0.1) is 0 Å². The van der Waals surface area contributed by atoms with Crippen LogP contribution in [0.25, 0.3) is 0 Å². The zero-order valence-electron chi connectivity index (χ0n) is 11.9. The van der Waals surface area contributed by atoms with Gasteiger partial charge < -0.3 is 14.8 Å². The van der Waals surface area contributed by atoms with Crippen LogP contribution in [0.1, 0.15) is 18.9 Å². The number of methoxy groups -OCH3 is 2. The Balaban J connectivity index is 2.63. The Morgan fingerprint density at radius 1 is 1.28 bits per heavy atom. The fourth-order valence-corrected chi connectivity index (χ4v) is 2.23. The van der Waals surface area contributed by atoms with Crippen LogP contribution in [0.3, 0.4) is 0 Å². The largest absolute Gasteiger partial charge is 0.497 e. The third-order valence-electron chi connectivity index (χ3n) is 3.22. The minimum Gasteiger partial charge on any atom is -0.497 e. The van der Waals surface area contributed by atoms with Gasteiger partial charge in [0.25, 0.3) is 0 Å². The standard InChI is InChI=1S/C15H25NO2/c1-12(17-3)8-14(11-16-2)9-13-6-5-7-15(10-13)18-4/h5-7,10,12,14,16H,8-9,11H2,1-4H3. The van der Waals surface area contributed by atoms with E-state index in [1.165, 1.54) is 5.56 Å². The van der Waals surface area contributed by atoms with E-state index in [2.05, 4.69) is 24.4 Å². The molecule has 3 heteroatoms. The molecule has 0 bridgehead atoms. The molecule has 0 aromatic heterocycles. The second kappa shape index (κ2) is 8.11. The monoisotopic (exact) mass is 251 g/mol. The van der Waals surface area contributed by atoms with E-state index in [9.17, 15) is 0 Å². The van der Waals surface area contributed by atoms with Crippen molar-refractivity contribution in [2.45, 2.75) is 25.9 Å². The Bertz CT molecular complexity index is 341. The molecule has 0 heterocycles. The van der Waals surface area contributed by atoms with Gasteiger partial charge in [0.15, 0.2) is 0 Å². The lowest BCUT2D eigenvalue weighted by Crippen LogP contribution is -2.24. The number of hydrogen-bond acceptors (Lipinski definition) is 3. The Hall–Kier alpha value is -1.06. The SMILES string of the molecule is CNCC(Cc1cccc(OC)c1)CC(C)OC. The van der Waals surface area contributed by atoms with Gasteiger partial charge in [0.2, 0.25) is 0 Å². The lowest BCUT2D eigenvalue weighted by Gasteiger charge is -2.20. The third kappa shape index (κ3) is 5.07. The van der Waals surface area contributed by atoms with Crippen LogP contribution in [0.4, 0.5) is 0 Å². The van der Waals surface area contributed by atoms with Crippen LogP contribution in [0, 0.1) is 5.92 Å². The van der Waals surface area contributed by atoms with Gasteiger partial charge in [-0.1, -0.05) is 12.1 Å². The number of nitrogens with one attached hydrogen (secondary N) is 1. The van der Waals surface area contributed by atoms with Gasteiger partial charge in [0, 0.05) is 7.11 Å². The predicted molar refractivity (Wildman–Crippen MR) is 75.2 cm³/mol. The van der Waals surface area contributed by atoms with Gasteiger partial charge in [-0.05, 0) is 57.0 Å². The van der Waals surface area contributed by atoms with E-state index in [1.54, 1.807) is 14.2 Å². The van der Waals surface area contributed by atoms with Gasteiger partial charge in [-0.2, -0.15) is 0 Å². The van der Waals surface area contributed by atoms with Crippen LogP contribution in [0.5, 0.6) is 5.75 Å². The summed E-state index contributed by atoms with van der Waals surface area (Å²) in [7, 11) is 5.47. The van der Waals surface area contributed by atoms with Crippen molar-refractivity contribution < 1.29 is 9.47 Å². The molecule has 102 valence electrons. The van der Waals surface area contributed by atoms with Crippen LogP contribution >= 0.6 is 0 Å². The smallest absolute Gasteiger partial charge is 0.119 e. The maximum atomic E-state index is 5.36. The van der Waals surface area contributed by atoms with Crippen molar-refractivity contribution >= 4 is 0 Å². The van der Waals surface area contributed by atoms with E-state index in [0.717, 1.165) is 25.1 Å². The van der Waals surface area contributed by atoms with Crippen LogP contribution in [-0.4, -0.2) is 33.9 Å². The van der Waals surface area contributed by atoms with Crippen molar-refractivity contribution in [3.63, 3.8) is 0 Å². The summed E-state index contributed by atoms with van der Waals surface area (Å²) in [6.07, 6.45) is 2.41. The molecule has 0 radical (unpaired) electrons. The van der Waals surface area contributed by atoms with Gasteiger partial charge in [0.1, 0.15) is 5.75 Å². The molecule has 18 heavy (non-hydrogen) atoms. The molecule has 2 atom stereocenters. The summed E-state index contributed by atoms with van der Waals surface area (Å²) in [6, 6.07) is 8.29. The molecule has 1 rings (SSSR count). The van der Waals surface area contributed by atoms with Crippen molar-refractivity contribution in [1.82, 2.24) is 5.32 Å². The highest BCUT2D eigenvalue weighted by Gasteiger charge is 2.13. The van der Waals surface area contributed by atoms with E-state index in [0.29, 0.717) is 12.0 Å². The van der Waals surface area contributed by atoms with Crippen molar-refractivity contribution in [2.75, 3.05) is 27.8 Å². The first-order valence-electron chi connectivity index (χ1n) is 6.50. The minimum absolute atomic E-state index is 0.300. The summed E-state index contributed by atoms with van der Waals surface area (Å²) in [6.45, 7) is 3.12. The Kier molecular flexibility index (Phi) is 6.76. The lowest BCUT2D eigenvalue weighted by molar-refractivity contribution is 0.0949. The molecular formula is C15H25NO2. The molecule has 0 saturated carbocycles. The topological polar surface area (TPSA) is 30.5 Å². The fraction of sp³-hybridized carbons (Fsp3) is 0.600. The van der Waals surface area contributed by atoms with Crippen molar-refractivity contribution in [3.05, 3.63) is 29.8 Å². The quantitative estimate of drug-likeness (QED) is 0.770. The summed E-state index contributed by atoms with van der Waals surface area (Å²) in [4.78, 5) is 0. The predicted octanol–water partition coefficient (Wildman–Crippen LogP) is 2.50. The molecule has 0 spiro atoms. The minimum atomic E-state index is 0.300. The highest BCUT2D eigenvalue weighted by atomic mass is 16.5. The maximum Gasteiger partial charge on any atom is 0.119 e. The number of benzene rings is 1. The summed E-state index contributed by atoms with van der Waals surface area (Å²) < 4.78 is 10.6. The second-order valence-corrected chi connectivity index (χ2v) is 4.76. The molecule has 0 aliphatic rings. The summed E-state index contributed by atoms with van der Waals surface area (Å²) in [5.74, 6) is 1.51. The second-order valence-electron chi connectivity index (χ2n) is 4.76. The number of hydrogen-bond donors (Lipinski definition) is 1. The number of rotatable bonds is 8. The highest BCUT2D eigenvalue weighted by Crippen LogP contribution is 2.19. The molecule has 0 aliphatic carbocycles. The van der Waals surface area contributed by atoms with E-state index in [-0.39, 0.29) is 0 Å². The van der Waals surface area contributed by atoms with Crippen molar-refractivity contribution in [1.29, 1.82) is 0 Å². The van der Waals surface area contributed by atoms with Gasteiger partial charge in [-0.3, -0.25) is 0 Å². The Morgan fingerprint density at radius 2 is 2.06 bits per heavy atom. The average Bonchev–Trinajstić information content (AvgIpc) is 2.39. The zero-order chi connectivity index (χ0) is 13.4. The molecule has 1 N–H and O–H groups in total. The first-order valence-corrected chi connectivity index (χ1v) is 6.50. The molecule has 1 aromatic carbocycles. The Labute approximate surface area is 110 Å². The molecule has 0 fully saturated rings. The van der Waals surface area contributed by atoms with Gasteiger partial charge in [-0.25, -0.2) is 0 Å². The normalized spacial score (nSPS) is 14.2. The molecule has 0 aliphatic heterocycles. The highest BCUT2D eigenvalue weighted by molar-refractivity contribution is 5.28. The Morgan fingerprint density at radius 3 is 2.67 bits per heavy atom. The first kappa shape index (κ1) is 15.0. The molecule has 2 unspecified atom stereocenters. The van der Waals surface area contributed by atoms with E-state index in [1.807, 2.05) is 19.2 Å². The van der Waals surface area contributed by atoms with Gasteiger partial charge >= 0.3 is 0 Å². The molecule has 1 aromatic rings. The van der Waals surface area contributed by atoms with Crippen molar-refractivity contribution in [3.8, 4) is 5.75 Å². The van der Waals surface area contributed by atoms with E-state index < -0.39 is 0 Å². The molecule has 0 saturated heterocycles. The molecule has 0 amide bonds. The zero-order valence-corrected chi connectivity index (χ0v) is 11.9. The average molecular weight is 251 g/mol. The number of ether oxygens (including phenoxy) is 2. The van der Waals surface area contributed by atoms with E-state index in [4.69, 9.17) is 9.47 Å². The van der Waals surface area contributed by atoms with Crippen LogP contribution in [0.2, 0.25) is 0 Å². The molecule has 3 nitrogen and oxygen atoms in total. The molecular weight excluding hydrogens is 226 g/mol. The first-order chi connectivity index (χ1) is 8.69. The summed E-state index contributed by atoms with van der Waals surface area (Å²) in [5.41, 5.74) is 1.32. The summed E-state index contributed by atoms with van der Waals surface area (Å²) in [5, 5.41) is 3.26.